The molecule has 0 bridgehead atoms. The fourth-order valence-electron chi connectivity index (χ4n) is 2.55. The molecule has 24 heavy (non-hydrogen) atoms. The van der Waals surface area contributed by atoms with Crippen molar-refractivity contribution in [2.24, 2.45) is 0 Å². The molecule has 0 unspecified atom stereocenters. The van der Waals surface area contributed by atoms with E-state index in [4.69, 9.17) is 14.2 Å². The van der Waals surface area contributed by atoms with Crippen LogP contribution in [0.15, 0.2) is 36.4 Å². The van der Waals surface area contributed by atoms with Crippen LogP contribution in [-0.2, 0) is 11.2 Å². The number of esters is 1. The summed E-state index contributed by atoms with van der Waals surface area (Å²) in [7, 11) is 3.02. The molecule has 6 heteroatoms. The van der Waals surface area contributed by atoms with Crippen molar-refractivity contribution in [2.75, 3.05) is 19.5 Å². The molecule has 0 saturated heterocycles. The second-order valence-electron chi connectivity index (χ2n) is 5.32. The summed E-state index contributed by atoms with van der Waals surface area (Å²) in [4.78, 5) is 23.8. The highest BCUT2D eigenvalue weighted by molar-refractivity contribution is 5.95. The van der Waals surface area contributed by atoms with E-state index in [1.165, 1.54) is 7.11 Å². The van der Waals surface area contributed by atoms with E-state index in [9.17, 15) is 9.59 Å². The maximum absolute atomic E-state index is 12.4. The summed E-state index contributed by atoms with van der Waals surface area (Å²) in [5.41, 5.74) is 2.01. The Kier molecular flexibility index (Phi) is 4.37. The molecule has 1 aliphatic heterocycles. The lowest BCUT2D eigenvalue weighted by Gasteiger charge is -2.17. The summed E-state index contributed by atoms with van der Waals surface area (Å²) in [6.07, 6.45) is 1.05. The van der Waals surface area contributed by atoms with Gasteiger partial charge in [-0.15, -0.1) is 0 Å². The number of anilines is 1. The summed E-state index contributed by atoms with van der Waals surface area (Å²) in [6, 6.07) is 10.0. The monoisotopic (exact) mass is 327 g/mol. The summed E-state index contributed by atoms with van der Waals surface area (Å²) < 4.78 is 15.8. The lowest BCUT2D eigenvalue weighted by Crippen LogP contribution is -2.19. The van der Waals surface area contributed by atoms with Crippen LogP contribution in [0.4, 0.5) is 5.69 Å². The molecule has 0 spiro atoms. The van der Waals surface area contributed by atoms with E-state index in [1.807, 2.05) is 0 Å². The Balaban J connectivity index is 1.81. The SMILES string of the molecule is COc1ccc(C(=O)Oc2ccc3c(c2)CCC(=O)N3)c(OC)c1. The van der Waals surface area contributed by atoms with Crippen LogP contribution in [0.1, 0.15) is 22.3 Å². The number of methoxy groups -OCH3 is 2. The minimum absolute atomic E-state index is 0.00443. The number of aryl methyl sites for hydroxylation is 1. The van der Waals surface area contributed by atoms with E-state index in [0.717, 1.165) is 11.3 Å². The van der Waals surface area contributed by atoms with Gasteiger partial charge in [0.1, 0.15) is 22.8 Å². The Labute approximate surface area is 139 Å². The van der Waals surface area contributed by atoms with Crippen LogP contribution in [0.3, 0.4) is 0 Å². The molecule has 0 aliphatic carbocycles. The molecule has 1 N–H and O–H groups in total. The average Bonchev–Trinajstić information content (AvgIpc) is 2.61. The van der Waals surface area contributed by atoms with Crippen LogP contribution < -0.4 is 19.5 Å². The number of hydrogen-bond acceptors (Lipinski definition) is 5. The zero-order chi connectivity index (χ0) is 17.1. The lowest BCUT2D eigenvalue weighted by molar-refractivity contribution is -0.116. The third kappa shape index (κ3) is 3.17. The Bertz CT molecular complexity index is 800. The predicted octanol–water partition coefficient (Wildman–Crippen LogP) is 2.81. The van der Waals surface area contributed by atoms with E-state index in [-0.39, 0.29) is 5.91 Å². The fraction of sp³-hybridized carbons (Fsp3) is 0.222. The van der Waals surface area contributed by atoms with Crippen LogP contribution in [0.5, 0.6) is 17.2 Å². The van der Waals surface area contributed by atoms with E-state index in [0.29, 0.717) is 35.7 Å². The first kappa shape index (κ1) is 15.9. The van der Waals surface area contributed by atoms with Crippen molar-refractivity contribution in [3.8, 4) is 17.2 Å². The van der Waals surface area contributed by atoms with Gasteiger partial charge in [-0.3, -0.25) is 4.79 Å². The molecule has 1 aliphatic rings. The van der Waals surface area contributed by atoms with Gasteiger partial charge in [-0.25, -0.2) is 4.79 Å². The Morgan fingerprint density at radius 2 is 1.79 bits per heavy atom. The van der Waals surface area contributed by atoms with Gasteiger partial charge in [-0.05, 0) is 42.3 Å². The Morgan fingerprint density at radius 3 is 2.54 bits per heavy atom. The summed E-state index contributed by atoms with van der Waals surface area (Å²) in [6.45, 7) is 0. The number of benzene rings is 2. The van der Waals surface area contributed by atoms with E-state index < -0.39 is 5.97 Å². The van der Waals surface area contributed by atoms with E-state index in [1.54, 1.807) is 43.5 Å². The van der Waals surface area contributed by atoms with Gasteiger partial charge in [0.25, 0.3) is 0 Å². The number of ether oxygens (including phenoxy) is 3. The zero-order valence-electron chi connectivity index (χ0n) is 13.4. The van der Waals surface area contributed by atoms with Gasteiger partial charge < -0.3 is 19.5 Å². The summed E-state index contributed by atoms with van der Waals surface area (Å²) in [5, 5.41) is 2.79. The normalized spacial score (nSPS) is 12.8. The number of nitrogens with one attached hydrogen (secondary N) is 1. The molecule has 3 rings (SSSR count). The van der Waals surface area contributed by atoms with Crippen molar-refractivity contribution in [2.45, 2.75) is 12.8 Å². The highest BCUT2D eigenvalue weighted by Gasteiger charge is 2.18. The molecule has 1 heterocycles. The molecule has 0 saturated carbocycles. The van der Waals surface area contributed by atoms with Crippen molar-refractivity contribution >= 4 is 17.6 Å². The van der Waals surface area contributed by atoms with Gasteiger partial charge in [0.15, 0.2) is 0 Å². The maximum Gasteiger partial charge on any atom is 0.347 e. The molecule has 2 aromatic carbocycles. The molecular formula is C18H17NO5. The first-order chi connectivity index (χ1) is 11.6. The predicted molar refractivity (Wildman–Crippen MR) is 87.9 cm³/mol. The van der Waals surface area contributed by atoms with Crippen molar-refractivity contribution in [3.63, 3.8) is 0 Å². The number of rotatable bonds is 4. The molecule has 124 valence electrons. The second-order valence-corrected chi connectivity index (χ2v) is 5.32. The van der Waals surface area contributed by atoms with Crippen molar-refractivity contribution < 1.29 is 23.8 Å². The minimum atomic E-state index is -0.519. The van der Waals surface area contributed by atoms with Gasteiger partial charge in [-0.2, -0.15) is 0 Å². The first-order valence-electron chi connectivity index (χ1n) is 7.47. The van der Waals surface area contributed by atoms with E-state index >= 15 is 0 Å². The van der Waals surface area contributed by atoms with Gasteiger partial charge in [-0.1, -0.05) is 0 Å². The topological polar surface area (TPSA) is 73.9 Å². The zero-order valence-corrected chi connectivity index (χ0v) is 13.4. The van der Waals surface area contributed by atoms with Crippen molar-refractivity contribution in [1.29, 1.82) is 0 Å². The maximum atomic E-state index is 12.4. The van der Waals surface area contributed by atoms with Crippen LogP contribution in [0.25, 0.3) is 0 Å². The first-order valence-corrected chi connectivity index (χ1v) is 7.47. The third-order valence-corrected chi connectivity index (χ3v) is 3.81. The smallest absolute Gasteiger partial charge is 0.347 e. The number of carbonyl (C=O) groups excluding carboxylic acids is 2. The fourth-order valence-corrected chi connectivity index (χ4v) is 2.55. The van der Waals surface area contributed by atoms with Crippen LogP contribution in [0.2, 0.25) is 0 Å². The largest absolute Gasteiger partial charge is 0.497 e. The average molecular weight is 327 g/mol. The highest BCUT2D eigenvalue weighted by atomic mass is 16.5. The number of carbonyl (C=O) groups is 2. The number of amides is 1. The number of fused-ring (bicyclic) bond motifs is 1. The van der Waals surface area contributed by atoms with Gasteiger partial charge in [0, 0.05) is 18.2 Å². The molecule has 2 aromatic rings. The molecule has 0 aromatic heterocycles. The van der Waals surface area contributed by atoms with Crippen LogP contribution >= 0.6 is 0 Å². The Hall–Kier alpha value is -3.02. The Morgan fingerprint density at radius 1 is 1.00 bits per heavy atom. The lowest BCUT2D eigenvalue weighted by atomic mass is 10.0. The minimum Gasteiger partial charge on any atom is -0.497 e. The summed E-state index contributed by atoms with van der Waals surface area (Å²) >= 11 is 0. The van der Waals surface area contributed by atoms with Crippen LogP contribution in [-0.4, -0.2) is 26.1 Å². The second kappa shape index (κ2) is 6.62. The molecule has 1 amide bonds. The summed E-state index contributed by atoms with van der Waals surface area (Å²) in [5.74, 6) is 0.870. The highest BCUT2D eigenvalue weighted by Crippen LogP contribution is 2.29. The standard InChI is InChI=1S/C18H17NO5/c1-22-12-4-6-14(16(10-12)23-2)18(21)24-13-5-7-15-11(9-13)3-8-17(20)19-15/h4-7,9-10H,3,8H2,1-2H3,(H,19,20). The van der Waals surface area contributed by atoms with Gasteiger partial charge >= 0.3 is 5.97 Å². The number of hydrogen-bond donors (Lipinski definition) is 1. The third-order valence-electron chi connectivity index (χ3n) is 3.81. The molecule has 0 radical (unpaired) electrons. The molecule has 0 atom stereocenters. The van der Waals surface area contributed by atoms with Crippen molar-refractivity contribution in [3.05, 3.63) is 47.5 Å². The van der Waals surface area contributed by atoms with Gasteiger partial charge in [0.05, 0.1) is 14.2 Å². The van der Waals surface area contributed by atoms with Gasteiger partial charge in [0.2, 0.25) is 5.91 Å². The molecular weight excluding hydrogens is 310 g/mol. The van der Waals surface area contributed by atoms with Crippen LogP contribution in [0, 0.1) is 0 Å². The molecule has 6 nitrogen and oxygen atoms in total. The molecule has 0 fully saturated rings. The van der Waals surface area contributed by atoms with Crippen molar-refractivity contribution in [1.82, 2.24) is 0 Å². The quantitative estimate of drug-likeness (QED) is 0.690. The van der Waals surface area contributed by atoms with E-state index in [2.05, 4.69) is 5.32 Å².